The van der Waals surface area contributed by atoms with Crippen molar-refractivity contribution in [1.29, 1.82) is 0 Å². The van der Waals surface area contributed by atoms with Crippen LogP contribution in [-0.2, 0) is 9.53 Å². The van der Waals surface area contributed by atoms with Crippen LogP contribution in [0, 0.1) is 0 Å². The fourth-order valence-electron chi connectivity index (χ4n) is 2.33. The van der Waals surface area contributed by atoms with Crippen LogP contribution in [0.4, 0.5) is 11.5 Å². The maximum Gasteiger partial charge on any atom is 0.323 e. The number of ether oxygens (including phenoxy) is 1. The van der Waals surface area contributed by atoms with Gasteiger partial charge in [0.05, 0.1) is 18.5 Å². The number of nitrogen functional groups attached to an aromatic ring is 1. The number of nitrogens with zero attached hydrogens (tertiary/aromatic N) is 3. The number of piperazine rings is 1. The third-order valence-electron chi connectivity index (χ3n) is 3.58. The van der Waals surface area contributed by atoms with E-state index in [-0.39, 0.29) is 12.0 Å². The molecule has 20 heavy (non-hydrogen) atoms. The predicted molar refractivity (Wildman–Crippen MR) is 78.5 cm³/mol. The highest BCUT2D eigenvalue weighted by atomic mass is 16.5. The zero-order valence-corrected chi connectivity index (χ0v) is 12.1. The van der Waals surface area contributed by atoms with Crippen LogP contribution in [0.3, 0.4) is 0 Å². The molecule has 0 aliphatic carbocycles. The molecule has 110 valence electrons. The van der Waals surface area contributed by atoms with E-state index < -0.39 is 0 Å². The third-order valence-corrected chi connectivity index (χ3v) is 3.58. The highest BCUT2D eigenvalue weighted by Gasteiger charge is 2.26. The molecule has 6 nitrogen and oxygen atoms in total. The highest BCUT2D eigenvalue weighted by Crippen LogP contribution is 2.16. The number of carbonyl (C=O) groups is 1. The van der Waals surface area contributed by atoms with Gasteiger partial charge in [-0.05, 0) is 26.0 Å². The molecule has 6 heteroatoms. The summed E-state index contributed by atoms with van der Waals surface area (Å²) >= 11 is 0. The van der Waals surface area contributed by atoms with Crippen LogP contribution >= 0.6 is 0 Å². The Morgan fingerprint density at radius 1 is 1.40 bits per heavy atom. The molecule has 0 aromatic carbocycles. The predicted octanol–water partition coefficient (Wildman–Crippen LogP) is 0.737. The summed E-state index contributed by atoms with van der Waals surface area (Å²) in [4.78, 5) is 20.4. The standard InChI is InChI=1S/C14H22N4O2/c1-3-20-14(19)11(2)17-6-8-18(9-7-17)13-5-4-12(15)10-16-13/h4-5,10-11H,3,6-9,15H2,1-2H3. The second kappa shape index (κ2) is 6.56. The molecule has 1 aromatic heterocycles. The van der Waals surface area contributed by atoms with Crippen LogP contribution in [0.5, 0.6) is 0 Å². The van der Waals surface area contributed by atoms with E-state index in [0.717, 1.165) is 32.0 Å². The lowest BCUT2D eigenvalue weighted by Gasteiger charge is -2.37. The van der Waals surface area contributed by atoms with Crippen LogP contribution < -0.4 is 10.6 Å². The largest absolute Gasteiger partial charge is 0.465 e. The smallest absolute Gasteiger partial charge is 0.323 e. The van der Waals surface area contributed by atoms with E-state index in [0.29, 0.717) is 12.3 Å². The fourth-order valence-corrected chi connectivity index (χ4v) is 2.33. The molecule has 1 aliphatic heterocycles. The van der Waals surface area contributed by atoms with E-state index in [2.05, 4.69) is 14.8 Å². The summed E-state index contributed by atoms with van der Waals surface area (Å²) in [5.41, 5.74) is 6.31. The molecular weight excluding hydrogens is 256 g/mol. The molecule has 1 atom stereocenters. The van der Waals surface area contributed by atoms with E-state index in [4.69, 9.17) is 10.5 Å². The first-order chi connectivity index (χ1) is 9.61. The molecule has 1 unspecified atom stereocenters. The van der Waals surface area contributed by atoms with Crippen molar-refractivity contribution < 1.29 is 9.53 Å². The minimum absolute atomic E-state index is 0.147. The summed E-state index contributed by atoms with van der Waals surface area (Å²) in [6, 6.07) is 3.60. The number of aromatic nitrogens is 1. The maximum absolute atomic E-state index is 11.7. The Labute approximate surface area is 119 Å². The average Bonchev–Trinajstić information content (AvgIpc) is 2.48. The van der Waals surface area contributed by atoms with Crippen LogP contribution in [0.2, 0.25) is 0 Å². The van der Waals surface area contributed by atoms with Crippen molar-refractivity contribution in [3.05, 3.63) is 18.3 Å². The van der Waals surface area contributed by atoms with Gasteiger partial charge in [0.2, 0.25) is 0 Å². The Bertz CT molecular complexity index is 441. The Morgan fingerprint density at radius 3 is 2.65 bits per heavy atom. The lowest BCUT2D eigenvalue weighted by atomic mass is 10.2. The van der Waals surface area contributed by atoms with Crippen LogP contribution in [-0.4, -0.2) is 54.7 Å². The number of rotatable bonds is 4. The van der Waals surface area contributed by atoms with Gasteiger partial charge in [-0.2, -0.15) is 0 Å². The molecule has 2 rings (SSSR count). The molecule has 1 aromatic rings. The second-order valence-corrected chi connectivity index (χ2v) is 4.90. The van der Waals surface area contributed by atoms with E-state index in [1.807, 2.05) is 26.0 Å². The third kappa shape index (κ3) is 3.39. The number of esters is 1. The lowest BCUT2D eigenvalue weighted by molar-refractivity contribution is -0.149. The van der Waals surface area contributed by atoms with Gasteiger partial charge in [0.1, 0.15) is 11.9 Å². The Hall–Kier alpha value is -1.82. The van der Waals surface area contributed by atoms with Gasteiger partial charge in [0.15, 0.2) is 0 Å². The number of carbonyl (C=O) groups excluding carboxylic acids is 1. The summed E-state index contributed by atoms with van der Waals surface area (Å²) in [6.07, 6.45) is 1.67. The molecule has 1 saturated heterocycles. The van der Waals surface area contributed by atoms with Gasteiger partial charge < -0.3 is 15.4 Å². The zero-order valence-electron chi connectivity index (χ0n) is 12.1. The minimum Gasteiger partial charge on any atom is -0.465 e. The maximum atomic E-state index is 11.7. The van der Waals surface area contributed by atoms with Crippen molar-refractivity contribution in [3.63, 3.8) is 0 Å². The number of hydrogen-bond acceptors (Lipinski definition) is 6. The summed E-state index contributed by atoms with van der Waals surface area (Å²) in [7, 11) is 0. The summed E-state index contributed by atoms with van der Waals surface area (Å²) in [6.45, 7) is 7.50. The van der Waals surface area contributed by atoms with Crippen LogP contribution in [0.25, 0.3) is 0 Å². The molecule has 1 aliphatic rings. The van der Waals surface area contributed by atoms with Gasteiger partial charge in [-0.1, -0.05) is 0 Å². The van der Waals surface area contributed by atoms with Crippen molar-refractivity contribution in [2.24, 2.45) is 0 Å². The van der Waals surface area contributed by atoms with Gasteiger partial charge in [-0.15, -0.1) is 0 Å². The van der Waals surface area contributed by atoms with Crippen molar-refractivity contribution in [3.8, 4) is 0 Å². The average molecular weight is 278 g/mol. The highest BCUT2D eigenvalue weighted by molar-refractivity contribution is 5.75. The number of anilines is 2. The molecule has 2 N–H and O–H groups in total. The minimum atomic E-state index is -0.184. The number of pyridine rings is 1. The van der Waals surface area contributed by atoms with E-state index >= 15 is 0 Å². The SMILES string of the molecule is CCOC(=O)C(C)N1CCN(c2ccc(N)cn2)CC1. The first-order valence-corrected chi connectivity index (χ1v) is 6.99. The van der Waals surface area contributed by atoms with Crippen molar-refractivity contribution in [1.82, 2.24) is 9.88 Å². The van der Waals surface area contributed by atoms with Gasteiger partial charge in [-0.3, -0.25) is 9.69 Å². The van der Waals surface area contributed by atoms with Crippen molar-refractivity contribution in [2.75, 3.05) is 43.4 Å². The molecular formula is C14H22N4O2. The topological polar surface area (TPSA) is 71.7 Å². The van der Waals surface area contributed by atoms with E-state index in [1.54, 1.807) is 6.20 Å². The summed E-state index contributed by atoms with van der Waals surface area (Å²) < 4.78 is 5.06. The van der Waals surface area contributed by atoms with Gasteiger partial charge in [0.25, 0.3) is 0 Å². The molecule has 0 spiro atoms. The quantitative estimate of drug-likeness (QED) is 0.819. The first-order valence-electron chi connectivity index (χ1n) is 6.99. The van der Waals surface area contributed by atoms with Crippen molar-refractivity contribution in [2.45, 2.75) is 19.9 Å². The van der Waals surface area contributed by atoms with Crippen LogP contribution in [0.15, 0.2) is 18.3 Å². The molecule has 2 heterocycles. The molecule has 1 fully saturated rings. The van der Waals surface area contributed by atoms with Gasteiger partial charge >= 0.3 is 5.97 Å². The summed E-state index contributed by atoms with van der Waals surface area (Å²) in [5.74, 6) is 0.786. The zero-order chi connectivity index (χ0) is 14.5. The lowest BCUT2D eigenvalue weighted by Crippen LogP contribution is -2.52. The first kappa shape index (κ1) is 14.6. The van der Waals surface area contributed by atoms with Gasteiger partial charge in [0, 0.05) is 26.2 Å². The fraction of sp³-hybridized carbons (Fsp3) is 0.571. The van der Waals surface area contributed by atoms with E-state index in [1.165, 1.54) is 0 Å². The summed E-state index contributed by atoms with van der Waals surface area (Å²) in [5, 5.41) is 0. The second-order valence-electron chi connectivity index (χ2n) is 4.90. The monoisotopic (exact) mass is 278 g/mol. The number of nitrogens with two attached hydrogens (primary N) is 1. The van der Waals surface area contributed by atoms with Gasteiger partial charge in [-0.25, -0.2) is 4.98 Å². The molecule has 0 amide bonds. The Kier molecular flexibility index (Phi) is 4.79. The normalized spacial score (nSPS) is 17.8. The number of hydrogen-bond donors (Lipinski definition) is 1. The van der Waals surface area contributed by atoms with E-state index in [9.17, 15) is 4.79 Å². The molecule has 0 bridgehead atoms. The van der Waals surface area contributed by atoms with Crippen molar-refractivity contribution >= 4 is 17.5 Å². The Balaban J connectivity index is 1.89. The molecule has 0 radical (unpaired) electrons. The molecule has 0 saturated carbocycles. The Morgan fingerprint density at radius 2 is 2.10 bits per heavy atom. The van der Waals surface area contributed by atoms with Crippen LogP contribution in [0.1, 0.15) is 13.8 Å².